The second kappa shape index (κ2) is 7.82. The second-order valence-electron chi connectivity index (χ2n) is 6.11. The molecule has 0 spiro atoms. The molecule has 0 saturated heterocycles. The fraction of sp³-hybridized carbons (Fsp3) is 0.200. The largest absolute Gasteiger partial charge is 0.495 e. The molecule has 7 nitrogen and oxygen atoms in total. The number of ether oxygens (including phenoxy) is 3. The summed E-state index contributed by atoms with van der Waals surface area (Å²) in [6.45, 7) is 0. The highest BCUT2D eigenvalue weighted by Gasteiger charge is 2.51. The van der Waals surface area contributed by atoms with Gasteiger partial charge < -0.3 is 25.3 Å². The lowest BCUT2D eigenvalue weighted by Crippen LogP contribution is -2.53. The molecule has 2 atom stereocenters. The highest BCUT2D eigenvalue weighted by atomic mass is 35.5. The van der Waals surface area contributed by atoms with E-state index in [2.05, 4.69) is 5.32 Å². The minimum atomic E-state index is -1.58. The van der Waals surface area contributed by atoms with Gasteiger partial charge in [0.25, 0.3) is 0 Å². The Hall–Kier alpha value is -3.19. The molecule has 0 amide bonds. The van der Waals surface area contributed by atoms with Crippen LogP contribution in [0.25, 0.3) is 0 Å². The number of halogens is 1. The summed E-state index contributed by atoms with van der Waals surface area (Å²) < 4.78 is 15.9. The summed E-state index contributed by atoms with van der Waals surface area (Å²) in [7, 11) is 2.74. The fourth-order valence-electron chi connectivity index (χ4n) is 3.09. The Labute approximate surface area is 167 Å². The van der Waals surface area contributed by atoms with Crippen molar-refractivity contribution in [3.05, 3.63) is 65.2 Å². The van der Waals surface area contributed by atoms with E-state index in [-0.39, 0.29) is 0 Å². The van der Waals surface area contributed by atoms with Gasteiger partial charge in [-0.2, -0.15) is 0 Å². The SMILES string of the molecule is COC(=O)[C@](Nc1ccc(N)cc1OC)(c1ccc(Cl)cc1)[C@H]1C=CC(=O)O1. The number of esters is 2. The first-order valence-corrected chi connectivity index (χ1v) is 8.73. The average Bonchev–Trinajstić information content (AvgIpc) is 3.13. The molecule has 2 aromatic rings. The van der Waals surface area contributed by atoms with Gasteiger partial charge in [-0.05, 0) is 35.9 Å². The fourth-order valence-corrected chi connectivity index (χ4v) is 3.22. The molecule has 1 aliphatic heterocycles. The first-order chi connectivity index (χ1) is 13.4. The number of benzene rings is 2. The predicted molar refractivity (Wildman–Crippen MR) is 105 cm³/mol. The molecule has 3 N–H and O–H groups in total. The highest BCUT2D eigenvalue weighted by molar-refractivity contribution is 6.30. The van der Waals surface area contributed by atoms with Crippen molar-refractivity contribution >= 4 is 34.9 Å². The van der Waals surface area contributed by atoms with Gasteiger partial charge in [0.2, 0.25) is 5.54 Å². The lowest BCUT2D eigenvalue weighted by molar-refractivity contribution is -0.154. The third kappa shape index (κ3) is 3.48. The number of hydrogen-bond donors (Lipinski definition) is 2. The van der Waals surface area contributed by atoms with Gasteiger partial charge in [-0.1, -0.05) is 23.7 Å². The number of anilines is 2. The van der Waals surface area contributed by atoms with Crippen LogP contribution in [-0.4, -0.2) is 32.3 Å². The number of hydrogen-bond acceptors (Lipinski definition) is 7. The van der Waals surface area contributed by atoms with E-state index in [9.17, 15) is 9.59 Å². The number of cyclic esters (lactones) is 1. The van der Waals surface area contributed by atoms with Gasteiger partial charge in [-0.15, -0.1) is 0 Å². The molecule has 146 valence electrons. The third-order valence-corrected chi connectivity index (χ3v) is 4.69. The Kier molecular flexibility index (Phi) is 5.46. The van der Waals surface area contributed by atoms with Gasteiger partial charge in [0.15, 0.2) is 6.10 Å². The summed E-state index contributed by atoms with van der Waals surface area (Å²) >= 11 is 6.01. The zero-order chi connectivity index (χ0) is 20.3. The molecule has 0 unspecified atom stereocenters. The monoisotopic (exact) mass is 402 g/mol. The van der Waals surface area contributed by atoms with Crippen molar-refractivity contribution in [3.8, 4) is 5.75 Å². The number of nitrogens with two attached hydrogens (primary N) is 1. The van der Waals surface area contributed by atoms with E-state index in [0.717, 1.165) is 0 Å². The maximum Gasteiger partial charge on any atom is 0.340 e. The second-order valence-corrected chi connectivity index (χ2v) is 6.54. The summed E-state index contributed by atoms with van der Waals surface area (Å²) in [4.78, 5) is 24.8. The van der Waals surface area contributed by atoms with Gasteiger partial charge in [-0.25, -0.2) is 9.59 Å². The molecule has 0 aliphatic carbocycles. The molecule has 0 aromatic heterocycles. The number of carbonyl (C=O) groups excluding carboxylic acids is 2. The van der Waals surface area contributed by atoms with Crippen LogP contribution in [0.2, 0.25) is 5.02 Å². The molecule has 0 bridgehead atoms. The molecular weight excluding hydrogens is 384 g/mol. The van der Waals surface area contributed by atoms with E-state index >= 15 is 0 Å². The summed E-state index contributed by atoms with van der Waals surface area (Å²) in [6.07, 6.45) is 1.81. The summed E-state index contributed by atoms with van der Waals surface area (Å²) in [5.74, 6) is -0.799. The minimum Gasteiger partial charge on any atom is -0.495 e. The van der Waals surface area contributed by atoms with Crippen molar-refractivity contribution < 1.29 is 23.8 Å². The smallest absolute Gasteiger partial charge is 0.340 e. The number of methoxy groups -OCH3 is 2. The van der Waals surface area contributed by atoms with Gasteiger partial charge in [0.05, 0.1) is 19.9 Å². The van der Waals surface area contributed by atoms with E-state index in [1.54, 1.807) is 42.5 Å². The van der Waals surface area contributed by atoms with Crippen molar-refractivity contribution in [2.45, 2.75) is 11.6 Å². The van der Waals surface area contributed by atoms with Crippen molar-refractivity contribution in [1.82, 2.24) is 0 Å². The zero-order valence-corrected chi connectivity index (χ0v) is 16.0. The molecule has 0 radical (unpaired) electrons. The predicted octanol–water partition coefficient (Wildman–Crippen LogP) is 2.89. The van der Waals surface area contributed by atoms with Crippen LogP contribution < -0.4 is 15.8 Å². The van der Waals surface area contributed by atoms with Crippen LogP contribution in [0.15, 0.2) is 54.6 Å². The lowest BCUT2D eigenvalue weighted by atomic mass is 9.83. The molecular formula is C20H19ClN2O5. The maximum atomic E-state index is 13.1. The molecule has 0 fully saturated rings. The van der Waals surface area contributed by atoms with Crippen molar-refractivity contribution in [2.24, 2.45) is 0 Å². The van der Waals surface area contributed by atoms with Crippen molar-refractivity contribution in [2.75, 3.05) is 25.3 Å². The Morgan fingerprint density at radius 2 is 1.93 bits per heavy atom. The standard InChI is InChI=1S/C20H19ClN2O5/c1-26-16-11-14(22)7-8-15(16)23-20(19(25)27-2,17-9-10-18(24)28-17)12-3-5-13(21)6-4-12/h3-11,17,23H,22H2,1-2H3/t17-,20+/m1/s1. The van der Waals surface area contributed by atoms with Crippen LogP contribution in [-0.2, 0) is 24.6 Å². The van der Waals surface area contributed by atoms with Gasteiger partial charge in [-0.3, -0.25) is 0 Å². The van der Waals surface area contributed by atoms with E-state index in [1.807, 2.05) is 0 Å². The van der Waals surface area contributed by atoms with Crippen molar-refractivity contribution in [1.29, 1.82) is 0 Å². The summed E-state index contributed by atoms with van der Waals surface area (Å²) in [6, 6.07) is 11.5. The molecule has 1 heterocycles. The minimum absolute atomic E-state index is 0.413. The first kappa shape index (κ1) is 19.6. The Balaban J connectivity index is 2.20. The van der Waals surface area contributed by atoms with E-state index in [1.165, 1.54) is 26.4 Å². The highest BCUT2D eigenvalue weighted by Crippen LogP contribution is 2.39. The number of rotatable bonds is 6. The van der Waals surface area contributed by atoms with Gasteiger partial charge in [0, 0.05) is 22.9 Å². The summed E-state index contributed by atoms with van der Waals surface area (Å²) in [5.41, 5.74) is 5.70. The normalized spacial score (nSPS) is 17.5. The molecule has 0 saturated carbocycles. The third-order valence-electron chi connectivity index (χ3n) is 4.44. The van der Waals surface area contributed by atoms with Crippen molar-refractivity contribution in [3.63, 3.8) is 0 Å². The Bertz CT molecular complexity index is 929. The topological polar surface area (TPSA) is 99.9 Å². The number of carbonyl (C=O) groups is 2. The van der Waals surface area contributed by atoms with Crippen LogP contribution in [0.5, 0.6) is 5.75 Å². The first-order valence-electron chi connectivity index (χ1n) is 8.35. The Morgan fingerprint density at radius 3 is 2.50 bits per heavy atom. The molecule has 28 heavy (non-hydrogen) atoms. The van der Waals surface area contributed by atoms with Crippen LogP contribution in [0.4, 0.5) is 11.4 Å². The molecule has 2 aromatic carbocycles. The molecule has 8 heteroatoms. The molecule has 3 rings (SSSR count). The van der Waals surface area contributed by atoms with Crippen LogP contribution in [0, 0.1) is 0 Å². The Morgan fingerprint density at radius 1 is 1.21 bits per heavy atom. The molecule has 1 aliphatic rings. The average molecular weight is 403 g/mol. The van der Waals surface area contributed by atoms with Gasteiger partial charge >= 0.3 is 11.9 Å². The quantitative estimate of drug-likeness (QED) is 0.566. The lowest BCUT2D eigenvalue weighted by Gasteiger charge is -2.37. The van der Waals surface area contributed by atoms with Gasteiger partial charge in [0.1, 0.15) is 5.75 Å². The van der Waals surface area contributed by atoms with E-state index in [0.29, 0.717) is 27.7 Å². The number of nitrogen functional groups attached to an aromatic ring is 1. The van der Waals surface area contributed by atoms with Crippen LogP contribution >= 0.6 is 11.6 Å². The van der Waals surface area contributed by atoms with E-state index in [4.69, 9.17) is 31.5 Å². The van der Waals surface area contributed by atoms with Crippen LogP contribution in [0.3, 0.4) is 0 Å². The summed E-state index contributed by atoms with van der Waals surface area (Å²) in [5, 5.41) is 3.65. The van der Waals surface area contributed by atoms with E-state index < -0.39 is 23.6 Å². The van der Waals surface area contributed by atoms with Crippen LogP contribution in [0.1, 0.15) is 5.56 Å². The number of nitrogens with one attached hydrogen (secondary N) is 1. The zero-order valence-electron chi connectivity index (χ0n) is 15.3. The maximum absolute atomic E-state index is 13.1.